The predicted molar refractivity (Wildman–Crippen MR) is 265 cm³/mol. The molecule has 0 fully saturated rings. The summed E-state index contributed by atoms with van der Waals surface area (Å²) in [5, 5.41) is 43.5. The van der Waals surface area contributed by atoms with Crippen molar-refractivity contribution in [1.29, 1.82) is 0 Å². The molecule has 27 nitrogen and oxygen atoms in total. The third kappa shape index (κ3) is 25.6. The Morgan fingerprint density at radius 2 is 1.04 bits per heavy atom. The highest BCUT2D eigenvalue weighted by Crippen LogP contribution is 2.12. The highest BCUT2D eigenvalue weighted by Gasteiger charge is 2.31. The lowest BCUT2D eigenvalue weighted by Crippen LogP contribution is -2.58. The average Bonchev–Trinajstić information content (AvgIpc) is 3.31. The Morgan fingerprint density at radius 3 is 1.57 bits per heavy atom. The topological polar surface area (TPSA) is 439 Å². The van der Waals surface area contributed by atoms with Crippen LogP contribution in [0.15, 0.2) is 29.3 Å². The number of carboxylic acid groups (broad SMARTS) is 1. The van der Waals surface area contributed by atoms with E-state index in [0.29, 0.717) is 30.7 Å². The molecule has 10 amide bonds. The minimum Gasteiger partial charge on any atom is -0.508 e. The van der Waals surface area contributed by atoms with Crippen LogP contribution in [0.1, 0.15) is 78.7 Å². The number of thioether (sulfide) groups is 1. The van der Waals surface area contributed by atoms with Gasteiger partial charge in [0, 0.05) is 19.9 Å². The summed E-state index contributed by atoms with van der Waals surface area (Å²) < 4.78 is 0. The number of carbonyl (C=O) groups is 11. The lowest BCUT2D eigenvalue weighted by atomic mass is 10.0. The summed E-state index contributed by atoms with van der Waals surface area (Å²) in [4.78, 5) is 145. The number of carbonyl (C=O) groups excluding carboxylic acids is 10. The molecule has 0 bridgehead atoms. The Morgan fingerprint density at radius 1 is 0.569 bits per heavy atom. The molecule has 8 atom stereocenters. The first kappa shape index (κ1) is 62.8. The maximum atomic E-state index is 13.6. The molecule has 0 aliphatic heterocycles. The highest BCUT2D eigenvalue weighted by atomic mass is 32.2. The number of phenols is 1. The zero-order valence-corrected chi connectivity index (χ0v) is 42.2. The molecule has 0 saturated carbocycles. The van der Waals surface area contributed by atoms with Crippen LogP contribution < -0.4 is 70.4 Å². The molecule has 0 saturated heterocycles. The van der Waals surface area contributed by atoms with E-state index in [4.69, 9.17) is 17.2 Å². The molecule has 28 heteroatoms. The van der Waals surface area contributed by atoms with Crippen molar-refractivity contribution in [3.8, 4) is 5.75 Å². The normalized spacial score (nSPS) is 14.0. The Balaban J connectivity index is 2.96. The Kier molecular flexibility index (Phi) is 29.1. The van der Waals surface area contributed by atoms with E-state index >= 15 is 0 Å². The zero-order chi connectivity index (χ0) is 54.5. The number of nitrogens with zero attached hydrogens (tertiary/aromatic N) is 1. The van der Waals surface area contributed by atoms with Gasteiger partial charge in [0.1, 0.15) is 54.1 Å². The number of aliphatic carboxylic acids is 1. The number of benzene rings is 1. The number of nitrogens with two attached hydrogens (primary N) is 3. The number of amides is 10. The van der Waals surface area contributed by atoms with Crippen LogP contribution in [-0.2, 0) is 59.2 Å². The lowest BCUT2D eigenvalue weighted by Gasteiger charge is -2.24. The largest absolute Gasteiger partial charge is 0.508 e. The molecule has 1 aromatic carbocycles. The van der Waals surface area contributed by atoms with Crippen LogP contribution in [0.25, 0.3) is 0 Å². The standard InChI is InChI=1S/C44H72N14O13S/c1-23(51-27(5)59)37(64)56-30(10-7-8-17-45)42(69)58-33(20-28-12-14-29(60)15-13-28)39(66)50-21-34(61)49-22-35(62)55-32(16-19-72-6)41(68)53-24(2)36(63)52-25(3)38(65)57-31(11-9-18-48-44(46)47)40(67)54-26(4)43(70)71/h12-15,23-26,30-33,60H,7-11,16-22,45H2,1-6H3,(H,49,61)(H,50,66)(H,51,59)(H,52,63)(H,53,68)(H,54,67)(H,55,62)(H,56,64)(H,57,65)(H,58,69)(H,70,71)(H4,46,47,48)/t23-,24-,25-,26-,30-,31-,32-,33-/m0/s1. The van der Waals surface area contributed by atoms with Crippen molar-refractivity contribution in [3.63, 3.8) is 0 Å². The van der Waals surface area contributed by atoms with Gasteiger partial charge < -0.3 is 80.6 Å². The number of unbranched alkanes of at least 4 members (excludes halogenated alkanes) is 1. The predicted octanol–water partition coefficient (Wildman–Crippen LogP) is -4.83. The Labute approximate surface area is 421 Å². The van der Waals surface area contributed by atoms with Crippen LogP contribution in [0, 0.1) is 0 Å². The zero-order valence-electron chi connectivity index (χ0n) is 41.4. The van der Waals surface area contributed by atoms with Crippen molar-refractivity contribution in [3.05, 3.63) is 29.8 Å². The summed E-state index contributed by atoms with van der Waals surface area (Å²) in [7, 11) is 0. The summed E-state index contributed by atoms with van der Waals surface area (Å²) in [5.74, 6) is -8.65. The smallest absolute Gasteiger partial charge is 0.325 e. The van der Waals surface area contributed by atoms with Crippen molar-refractivity contribution in [2.45, 2.75) is 128 Å². The van der Waals surface area contributed by atoms with E-state index in [9.17, 15) is 63.0 Å². The van der Waals surface area contributed by atoms with Crippen molar-refractivity contribution in [2.75, 3.05) is 38.2 Å². The van der Waals surface area contributed by atoms with Gasteiger partial charge in [0.2, 0.25) is 59.1 Å². The fraction of sp³-hybridized carbons (Fsp3) is 0.591. The molecule has 18 N–H and O–H groups in total. The Hall–Kier alpha value is -7.23. The number of guanidine groups is 1. The number of hydrogen-bond donors (Lipinski definition) is 15. The van der Waals surface area contributed by atoms with E-state index in [1.807, 2.05) is 0 Å². The second-order valence-corrected chi connectivity index (χ2v) is 17.6. The van der Waals surface area contributed by atoms with E-state index in [1.165, 1.54) is 70.6 Å². The van der Waals surface area contributed by atoms with E-state index in [0.717, 1.165) is 0 Å². The maximum Gasteiger partial charge on any atom is 0.325 e. The maximum absolute atomic E-state index is 13.6. The van der Waals surface area contributed by atoms with Crippen LogP contribution in [0.3, 0.4) is 0 Å². The van der Waals surface area contributed by atoms with E-state index < -0.39 is 126 Å². The van der Waals surface area contributed by atoms with E-state index in [-0.39, 0.29) is 50.4 Å². The molecular weight excluding hydrogens is 965 g/mol. The van der Waals surface area contributed by atoms with Crippen molar-refractivity contribution >= 4 is 82.8 Å². The van der Waals surface area contributed by atoms with Gasteiger partial charge in [-0.25, -0.2) is 0 Å². The lowest BCUT2D eigenvalue weighted by molar-refractivity contribution is -0.141. The number of aromatic hydroxyl groups is 1. The van der Waals surface area contributed by atoms with Crippen LogP contribution in [-0.4, -0.2) is 168 Å². The SMILES string of the molecule is CSCC[C@H](NC(=O)CNC(=O)CNC(=O)[C@H](Cc1ccc(O)cc1)NC(=O)[C@H](CCCCN)NC(=O)[C@H](C)NC(C)=O)C(=O)N[C@@H](C)C(=O)N[C@@H](C)C(=O)N[C@@H](CCCN=C(N)N)C(=O)N[C@@H](C)C(=O)O. The first-order valence-corrected chi connectivity index (χ1v) is 24.5. The second-order valence-electron chi connectivity index (χ2n) is 16.6. The first-order chi connectivity index (χ1) is 33.9. The Bertz CT molecular complexity index is 2060. The van der Waals surface area contributed by atoms with Gasteiger partial charge in [-0.1, -0.05) is 12.1 Å². The summed E-state index contributed by atoms with van der Waals surface area (Å²) >= 11 is 1.36. The molecule has 402 valence electrons. The van der Waals surface area contributed by atoms with Crippen molar-refractivity contribution < 1.29 is 63.0 Å². The molecule has 0 radical (unpaired) electrons. The van der Waals surface area contributed by atoms with Gasteiger partial charge in [-0.15, -0.1) is 0 Å². The highest BCUT2D eigenvalue weighted by molar-refractivity contribution is 7.98. The van der Waals surface area contributed by atoms with E-state index in [2.05, 4.69) is 58.2 Å². The minimum atomic E-state index is -1.31. The van der Waals surface area contributed by atoms with E-state index in [1.54, 1.807) is 6.26 Å². The van der Waals surface area contributed by atoms with Crippen LogP contribution in [0.2, 0.25) is 0 Å². The van der Waals surface area contributed by atoms with Crippen molar-refractivity contribution in [2.24, 2.45) is 22.2 Å². The van der Waals surface area contributed by atoms with Gasteiger partial charge in [0.25, 0.3) is 0 Å². The van der Waals surface area contributed by atoms with Crippen molar-refractivity contribution in [1.82, 2.24) is 53.2 Å². The molecule has 0 heterocycles. The summed E-state index contributed by atoms with van der Waals surface area (Å²) in [6, 6.07) is -3.82. The third-order valence-corrected chi connectivity index (χ3v) is 11.0. The number of aliphatic imine (C=N–C) groups is 1. The average molecular weight is 1040 g/mol. The molecule has 0 aromatic heterocycles. The monoisotopic (exact) mass is 1040 g/mol. The molecule has 0 aliphatic rings. The molecule has 0 spiro atoms. The molecule has 1 aromatic rings. The van der Waals surface area contributed by atoms with Gasteiger partial charge in [-0.05, 0) is 102 Å². The van der Waals surface area contributed by atoms with Crippen LogP contribution >= 0.6 is 11.8 Å². The quantitative estimate of drug-likeness (QED) is 0.0178. The van der Waals surface area contributed by atoms with Gasteiger partial charge in [0.05, 0.1) is 13.1 Å². The van der Waals surface area contributed by atoms with Gasteiger partial charge >= 0.3 is 5.97 Å². The molecular formula is C44H72N14O13S. The molecule has 72 heavy (non-hydrogen) atoms. The third-order valence-electron chi connectivity index (χ3n) is 10.3. The number of nitrogens with one attached hydrogen (secondary N) is 10. The molecule has 0 aliphatic carbocycles. The van der Waals surface area contributed by atoms with Crippen LogP contribution in [0.4, 0.5) is 0 Å². The molecule has 1 rings (SSSR count). The van der Waals surface area contributed by atoms with Gasteiger partial charge in [-0.2, -0.15) is 11.8 Å². The van der Waals surface area contributed by atoms with Gasteiger partial charge in [-0.3, -0.25) is 57.7 Å². The minimum absolute atomic E-state index is 0.00714. The second kappa shape index (κ2) is 33.4. The number of phenolic OH excluding ortho intramolecular Hbond substituents is 1. The fourth-order valence-electron chi connectivity index (χ4n) is 6.29. The van der Waals surface area contributed by atoms with Crippen LogP contribution in [0.5, 0.6) is 5.75 Å². The fourth-order valence-corrected chi connectivity index (χ4v) is 6.76. The summed E-state index contributed by atoms with van der Waals surface area (Å²) in [6.07, 6.45) is 3.08. The first-order valence-electron chi connectivity index (χ1n) is 23.1. The number of carboxylic acids is 1. The molecule has 0 unspecified atom stereocenters. The summed E-state index contributed by atoms with van der Waals surface area (Å²) in [5.41, 5.74) is 16.8. The number of rotatable bonds is 33. The van der Waals surface area contributed by atoms with Gasteiger partial charge in [0.15, 0.2) is 5.96 Å². The number of hydrogen-bond acceptors (Lipinski definition) is 15. The summed E-state index contributed by atoms with van der Waals surface area (Å²) in [6.45, 7) is 5.66.